The molecule has 2 aromatic rings. The Labute approximate surface area is 135 Å². The Hall–Kier alpha value is -2.75. The number of aromatic hydroxyl groups is 2. The number of hydrogen-bond acceptors (Lipinski definition) is 4. The van der Waals surface area contributed by atoms with Crippen molar-refractivity contribution in [3.63, 3.8) is 0 Å². The lowest BCUT2D eigenvalue weighted by molar-refractivity contribution is 0.0849. The first-order chi connectivity index (χ1) is 10.9. The number of carbonyl (C=O) groups is 1. The van der Waals surface area contributed by atoms with E-state index in [1.54, 1.807) is 30.3 Å². The second kappa shape index (κ2) is 7.01. The van der Waals surface area contributed by atoms with Gasteiger partial charge in [0, 0.05) is 6.07 Å². The van der Waals surface area contributed by atoms with Gasteiger partial charge in [0.05, 0.1) is 12.0 Å². The number of phenolic OH excluding ortho intramolecular Hbond substituents is 2. The summed E-state index contributed by atoms with van der Waals surface area (Å²) in [6.07, 6.45) is -0.134. The van der Waals surface area contributed by atoms with E-state index in [4.69, 9.17) is 4.74 Å². The Morgan fingerprint density at radius 2 is 1.65 bits per heavy atom. The highest BCUT2D eigenvalue weighted by molar-refractivity contribution is 6.00. The molecule has 0 amide bonds. The summed E-state index contributed by atoms with van der Waals surface area (Å²) in [7, 11) is 0. The van der Waals surface area contributed by atoms with E-state index in [0.29, 0.717) is 11.3 Å². The van der Waals surface area contributed by atoms with Crippen LogP contribution in [0.15, 0.2) is 54.6 Å². The Bertz CT molecular complexity index is 713. The molecule has 1 aliphatic rings. The van der Waals surface area contributed by atoms with Gasteiger partial charge >= 0.3 is 0 Å². The Morgan fingerprint density at radius 1 is 1.09 bits per heavy atom. The van der Waals surface area contributed by atoms with Crippen molar-refractivity contribution in [2.45, 2.75) is 26.4 Å². The zero-order chi connectivity index (χ0) is 17.0. The molecule has 0 saturated heterocycles. The normalized spacial score (nSPS) is 15.7. The van der Waals surface area contributed by atoms with Crippen LogP contribution in [-0.2, 0) is 0 Å². The molecule has 0 aromatic heterocycles. The highest BCUT2D eigenvalue weighted by atomic mass is 16.5. The molecule has 1 aliphatic heterocycles. The van der Waals surface area contributed by atoms with Crippen molar-refractivity contribution in [3.05, 3.63) is 65.7 Å². The summed E-state index contributed by atoms with van der Waals surface area (Å²) in [5.41, 5.74) is 2.48. The molecule has 0 fully saturated rings. The summed E-state index contributed by atoms with van der Waals surface area (Å²) < 4.78 is 5.75. The molecule has 0 radical (unpaired) electrons. The fraction of sp³-hybridized carbons (Fsp3) is 0.211. The molecule has 0 unspecified atom stereocenters. The molecule has 2 N–H and O–H groups in total. The predicted octanol–water partition coefficient (Wildman–Crippen LogP) is 4.39. The van der Waals surface area contributed by atoms with Gasteiger partial charge in [-0.25, -0.2) is 0 Å². The Balaban J connectivity index is 0.000000433. The van der Waals surface area contributed by atoms with Gasteiger partial charge in [0.25, 0.3) is 0 Å². The molecular weight excluding hydrogens is 292 g/mol. The maximum Gasteiger partial charge on any atom is 0.170 e. The molecule has 1 atom stereocenters. The molecule has 0 spiro atoms. The summed E-state index contributed by atoms with van der Waals surface area (Å²) in [4.78, 5) is 12.0. The molecule has 1 heterocycles. The van der Waals surface area contributed by atoms with Crippen LogP contribution in [0.4, 0.5) is 0 Å². The minimum atomic E-state index is -0.387. The number of Topliss-reactive ketones (excluding diaryl/α,β-unsaturated/α-hetero) is 1. The number of ketones is 1. The quantitative estimate of drug-likeness (QED) is 0.767. The minimum absolute atomic E-state index is 0.0145. The van der Waals surface area contributed by atoms with E-state index in [1.807, 2.05) is 13.8 Å². The van der Waals surface area contributed by atoms with Crippen LogP contribution in [0.2, 0.25) is 0 Å². The van der Waals surface area contributed by atoms with Crippen LogP contribution in [0, 0.1) is 0 Å². The molecule has 3 rings (SSSR count). The van der Waals surface area contributed by atoms with Gasteiger partial charge < -0.3 is 14.9 Å². The number of phenols is 2. The maximum absolute atomic E-state index is 12.0. The van der Waals surface area contributed by atoms with E-state index in [2.05, 4.69) is 6.58 Å². The monoisotopic (exact) mass is 312 g/mol. The zero-order valence-electron chi connectivity index (χ0n) is 13.2. The first-order valence-corrected chi connectivity index (χ1v) is 7.30. The highest BCUT2D eigenvalue weighted by Gasteiger charge is 2.27. The third-order valence-electron chi connectivity index (χ3n) is 3.17. The lowest BCUT2D eigenvalue weighted by Gasteiger charge is -2.25. The number of ether oxygens (including phenoxy) is 1. The topological polar surface area (TPSA) is 66.8 Å². The SMILES string of the molecule is C=C(C)C.O=C1C[C@@H](c2ccc(O)cc2)Oc2cc(O)ccc21. The summed E-state index contributed by atoms with van der Waals surface area (Å²) in [5, 5.41) is 18.7. The van der Waals surface area contributed by atoms with Crippen molar-refractivity contribution < 1.29 is 19.7 Å². The van der Waals surface area contributed by atoms with Gasteiger partial charge in [-0.05, 0) is 43.7 Å². The van der Waals surface area contributed by atoms with Gasteiger partial charge in [-0.1, -0.05) is 17.7 Å². The smallest absolute Gasteiger partial charge is 0.170 e. The average molecular weight is 312 g/mol. The van der Waals surface area contributed by atoms with Crippen LogP contribution in [0.25, 0.3) is 0 Å². The first-order valence-electron chi connectivity index (χ1n) is 7.30. The van der Waals surface area contributed by atoms with Gasteiger partial charge in [-0.3, -0.25) is 4.79 Å². The van der Waals surface area contributed by atoms with Gasteiger partial charge in [-0.2, -0.15) is 0 Å². The molecule has 4 heteroatoms. The molecule has 0 aliphatic carbocycles. The van der Waals surface area contributed by atoms with Crippen LogP contribution < -0.4 is 4.74 Å². The second-order valence-electron chi connectivity index (χ2n) is 5.71. The minimum Gasteiger partial charge on any atom is -0.508 e. The third kappa shape index (κ3) is 4.36. The standard InChI is InChI=1S/C15H12O4.C4H8/c16-10-3-1-9(2-4-10)14-8-13(18)12-6-5-11(17)7-15(12)19-14;1-4(2)3/h1-7,14,16-17H,8H2;1H2,2-3H3/t14-;/m0./s1. The van der Waals surface area contributed by atoms with E-state index in [0.717, 1.165) is 5.56 Å². The maximum atomic E-state index is 12.0. The van der Waals surface area contributed by atoms with Gasteiger partial charge in [-0.15, -0.1) is 6.58 Å². The van der Waals surface area contributed by atoms with Gasteiger partial charge in [0.2, 0.25) is 0 Å². The molecule has 2 aromatic carbocycles. The Kier molecular flexibility index (Phi) is 5.06. The van der Waals surface area contributed by atoms with E-state index in [9.17, 15) is 15.0 Å². The van der Waals surface area contributed by atoms with E-state index >= 15 is 0 Å². The number of hydrogen-bond donors (Lipinski definition) is 2. The van der Waals surface area contributed by atoms with Gasteiger partial charge in [0.1, 0.15) is 23.4 Å². The molecule has 4 nitrogen and oxygen atoms in total. The fourth-order valence-corrected chi connectivity index (χ4v) is 2.19. The number of allylic oxidation sites excluding steroid dienone is 1. The largest absolute Gasteiger partial charge is 0.508 e. The van der Waals surface area contributed by atoms with E-state index < -0.39 is 0 Å². The van der Waals surface area contributed by atoms with Crippen LogP contribution >= 0.6 is 0 Å². The number of rotatable bonds is 1. The molecule has 120 valence electrons. The number of carbonyl (C=O) groups excluding carboxylic acids is 1. The number of fused-ring (bicyclic) bond motifs is 1. The van der Waals surface area contributed by atoms with Crippen molar-refractivity contribution >= 4 is 5.78 Å². The molecule has 23 heavy (non-hydrogen) atoms. The number of benzene rings is 2. The zero-order valence-corrected chi connectivity index (χ0v) is 13.2. The second-order valence-corrected chi connectivity index (χ2v) is 5.71. The lowest BCUT2D eigenvalue weighted by Crippen LogP contribution is -2.20. The predicted molar refractivity (Wildman–Crippen MR) is 89.0 cm³/mol. The molecular formula is C19H20O4. The van der Waals surface area contributed by atoms with Crippen molar-refractivity contribution in [2.75, 3.05) is 0 Å². The first kappa shape index (κ1) is 16.6. The highest BCUT2D eigenvalue weighted by Crippen LogP contribution is 2.36. The summed E-state index contributed by atoms with van der Waals surface area (Å²) >= 11 is 0. The Morgan fingerprint density at radius 3 is 2.26 bits per heavy atom. The van der Waals surface area contributed by atoms with Crippen molar-refractivity contribution in [1.29, 1.82) is 0 Å². The summed E-state index contributed by atoms with van der Waals surface area (Å²) in [5.74, 6) is 0.621. The van der Waals surface area contributed by atoms with Crippen molar-refractivity contribution in [1.82, 2.24) is 0 Å². The fourth-order valence-electron chi connectivity index (χ4n) is 2.19. The van der Waals surface area contributed by atoms with Crippen molar-refractivity contribution in [3.8, 4) is 17.2 Å². The van der Waals surface area contributed by atoms with Crippen LogP contribution in [0.1, 0.15) is 42.3 Å². The summed E-state index contributed by atoms with van der Waals surface area (Å²) in [6.45, 7) is 7.50. The van der Waals surface area contributed by atoms with Crippen LogP contribution in [-0.4, -0.2) is 16.0 Å². The van der Waals surface area contributed by atoms with E-state index in [1.165, 1.54) is 17.7 Å². The third-order valence-corrected chi connectivity index (χ3v) is 3.17. The van der Waals surface area contributed by atoms with Crippen LogP contribution in [0.5, 0.6) is 17.2 Å². The lowest BCUT2D eigenvalue weighted by atomic mass is 9.96. The average Bonchev–Trinajstić information content (AvgIpc) is 2.46. The van der Waals surface area contributed by atoms with E-state index in [-0.39, 0.29) is 29.8 Å². The molecule has 0 bridgehead atoms. The van der Waals surface area contributed by atoms with Crippen molar-refractivity contribution in [2.24, 2.45) is 0 Å². The molecule has 0 saturated carbocycles. The summed E-state index contributed by atoms with van der Waals surface area (Å²) in [6, 6.07) is 11.0. The van der Waals surface area contributed by atoms with Gasteiger partial charge in [0.15, 0.2) is 5.78 Å². The van der Waals surface area contributed by atoms with Crippen LogP contribution in [0.3, 0.4) is 0 Å².